The first-order valence-corrected chi connectivity index (χ1v) is 10.0. The molecule has 0 aromatic carbocycles. The molecule has 30 heavy (non-hydrogen) atoms. The molecule has 6 N–H and O–H groups in total. The average molecular weight is 415 g/mol. The van der Waals surface area contributed by atoms with E-state index in [1.807, 2.05) is 32.2 Å². The molecule has 1 aliphatic rings. The van der Waals surface area contributed by atoms with Gasteiger partial charge in [-0.25, -0.2) is 20.3 Å². The highest BCUT2D eigenvalue weighted by Crippen LogP contribution is 2.21. The van der Waals surface area contributed by atoms with Crippen LogP contribution in [0.15, 0.2) is 42.6 Å². The predicted octanol–water partition coefficient (Wildman–Crippen LogP) is -0.174. The number of nitrogens with two attached hydrogens (primary N) is 1. The number of piperazine rings is 1. The third kappa shape index (κ3) is 5.61. The van der Waals surface area contributed by atoms with Crippen LogP contribution in [0.3, 0.4) is 0 Å². The molecule has 3 rings (SSSR count). The number of carbonyl (C=O) groups excluding carboxylic acids is 1. The Bertz CT molecular complexity index is 843. The summed E-state index contributed by atoms with van der Waals surface area (Å²) in [5.74, 6) is 6.66. The number of nitrogens with zero attached hydrogens (tertiary/aromatic N) is 5. The van der Waals surface area contributed by atoms with Crippen molar-refractivity contribution < 1.29 is 4.79 Å². The predicted molar refractivity (Wildman–Crippen MR) is 115 cm³/mol. The molecule has 11 heteroatoms. The number of hydrogen-bond donors (Lipinski definition) is 5. The zero-order valence-corrected chi connectivity index (χ0v) is 17.4. The number of nitrogens with one attached hydrogen (secondary N) is 4. The van der Waals surface area contributed by atoms with Crippen molar-refractivity contribution in [3.63, 3.8) is 0 Å². The van der Waals surface area contributed by atoms with Crippen LogP contribution >= 0.6 is 0 Å². The zero-order chi connectivity index (χ0) is 21.3. The summed E-state index contributed by atoms with van der Waals surface area (Å²) in [5, 5.41) is 12.7. The van der Waals surface area contributed by atoms with Crippen molar-refractivity contribution >= 4 is 11.7 Å². The van der Waals surface area contributed by atoms with Gasteiger partial charge >= 0.3 is 6.03 Å². The first kappa shape index (κ1) is 21.4. The molecule has 1 aliphatic heterocycles. The standard InChI is InChI=1S/C19H30N10O/c1-3-22-19(30)25-17(26-20)13-21-14-27-9-11-28(12-10-27)16-5-6-18(24-15(16)2)29-8-4-7-23-29/h4-8,13,21,26H,3,9-12,14,20H2,1-2H3,(H2,22,25,30)/b17-13-. The van der Waals surface area contributed by atoms with Gasteiger partial charge < -0.3 is 21.0 Å². The minimum absolute atomic E-state index is 0.306. The van der Waals surface area contributed by atoms with E-state index in [0.717, 1.165) is 43.4 Å². The lowest BCUT2D eigenvalue weighted by Crippen LogP contribution is -2.49. The maximum absolute atomic E-state index is 11.6. The molecule has 3 heterocycles. The number of aryl methyl sites for hydroxylation is 1. The number of pyridine rings is 1. The summed E-state index contributed by atoms with van der Waals surface area (Å²) in [5.41, 5.74) is 4.61. The Morgan fingerprint density at radius 3 is 2.70 bits per heavy atom. The molecule has 0 atom stereocenters. The van der Waals surface area contributed by atoms with Gasteiger partial charge in [-0.2, -0.15) is 5.10 Å². The van der Waals surface area contributed by atoms with Gasteiger partial charge in [0.15, 0.2) is 5.82 Å². The highest BCUT2D eigenvalue weighted by molar-refractivity contribution is 5.75. The van der Waals surface area contributed by atoms with E-state index in [1.165, 1.54) is 0 Å². The van der Waals surface area contributed by atoms with E-state index in [9.17, 15) is 4.79 Å². The van der Waals surface area contributed by atoms with Crippen LogP contribution in [0.4, 0.5) is 10.5 Å². The molecule has 2 aromatic heterocycles. The van der Waals surface area contributed by atoms with Crippen LogP contribution in [-0.4, -0.2) is 65.1 Å². The van der Waals surface area contributed by atoms with Crippen LogP contribution in [0.5, 0.6) is 0 Å². The third-order valence-corrected chi connectivity index (χ3v) is 4.80. The van der Waals surface area contributed by atoms with Crippen molar-refractivity contribution in [2.45, 2.75) is 13.8 Å². The van der Waals surface area contributed by atoms with Gasteiger partial charge in [0.25, 0.3) is 0 Å². The van der Waals surface area contributed by atoms with E-state index in [-0.39, 0.29) is 6.03 Å². The molecule has 11 nitrogen and oxygen atoms in total. The molecular formula is C19H30N10O. The number of carbonyl (C=O) groups is 1. The van der Waals surface area contributed by atoms with Crippen LogP contribution in [0.25, 0.3) is 5.82 Å². The van der Waals surface area contributed by atoms with Crippen LogP contribution < -0.4 is 32.1 Å². The molecule has 162 valence electrons. The highest BCUT2D eigenvalue weighted by atomic mass is 16.2. The second-order valence-electron chi connectivity index (χ2n) is 6.88. The van der Waals surface area contributed by atoms with Gasteiger partial charge in [-0.05, 0) is 32.0 Å². The van der Waals surface area contributed by atoms with Crippen LogP contribution in [0.1, 0.15) is 12.6 Å². The highest BCUT2D eigenvalue weighted by Gasteiger charge is 2.19. The Hall–Kier alpha value is -3.31. The second-order valence-corrected chi connectivity index (χ2v) is 6.88. The summed E-state index contributed by atoms with van der Waals surface area (Å²) in [6, 6.07) is 5.69. The maximum atomic E-state index is 11.6. The van der Waals surface area contributed by atoms with Crippen molar-refractivity contribution in [3.8, 4) is 5.82 Å². The fraction of sp³-hybridized carbons (Fsp3) is 0.421. The van der Waals surface area contributed by atoms with E-state index in [2.05, 4.69) is 42.3 Å². The topological polar surface area (TPSA) is 128 Å². The molecule has 0 saturated carbocycles. The summed E-state index contributed by atoms with van der Waals surface area (Å²) in [4.78, 5) is 20.9. The van der Waals surface area contributed by atoms with Crippen molar-refractivity contribution in [3.05, 3.63) is 48.3 Å². The number of rotatable bonds is 8. The first-order chi connectivity index (χ1) is 14.6. The van der Waals surface area contributed by atoms with E-state index in [4.69, 9.17) is 10.8 Å². The van der Waals surface area contributed by atoms with E-state index in [0.29, 0.717) is 19.0 Å². The number of hydrogen-bond acceptors (Lipinski definition) is 8. The molecule has 0 unspecified atom stereocenters. The molecule has 1 fully saturated rings. The number of hydrazine groups is 1. The third-order valence-electron chi connectivity index (χ3n) is 4.80. The molecule has 0 radical (unpaired) electrons. The van der Waals surface area contributed by atoms with Gasteiger partial charge in [0.05, 0.1) is 18.1 Å². The number of amides is 2. The maximum Gasteiger partial charge on any atom is 0.320 e. The molecule has 0 bridgehead atoms. The lowest BCUT2D eigenvalue weighted by Gasteiger charge is -2.36. The summed E-state index contributed by atoms with van der Waals surface area (Å²) >= 11 is 0. The van der Waals surface area contributed by atoms with Gasteiger partial charge in [-0.15, -0.1) is 0 Å². The van der Waals surface area contributed by atoms with Gasteiger partial charge in [-0.3, -0.25) is 10.2 Å². The Kier molecular flexibility index (Phi) is 7.46. The summed E-state index contributed by atoms with van der Waals surface area (Å²) in [6.45, 7) is 8.73. The minimum Gasteiger partial charge on any atom is -0.375 e. The molecule has 1 saturated heterocycles. The van der Waals surface area contributed by atoms with Crippen molar-refractivity contribution in [2.75, 3.05) is 44.3 Å². The SMILES string of the molecule is CCNC(=O)N/C(=C/NCN1CCN(c2ccc(-n3cccn3)nc2C)CC1)NN. The van der Waals surface area contributed by atoms with Crippen molar-refractivity contribution in [1.82, 2.24) is 41.0 Å². The van der Waals surface area contributed by atoms with E-state index < -0.39 is 0 Å². The van der Waals surface area contributed by atoms with E-state index >= 15 is 0 Å². The Morgan fingerprint density at radius 1 is 1.27 bits per heavy atom. The van der Waals surface area contributed by atoms with Gasteiger partial charge in [0.1, 0.15) is 5.82 Å². The molecule has 0 aliphatic carbocycles. The first-order valence-electron chi connectivity index (χ1n) is 10.0. The summed E-state index contributed by atoms with van der Waals surface area (Å²) in [7, 11) is 0. The Balaban J connectivity index is 1.48. The molecule has 2 amide bonds. The molecule has 2 aromatic rings. The second kappa shape index (κ2) is 10.5. The van der Waals surface area contributed by atoms with E-state index in [1.54, 1.807) is 17.1 Å². The lowest BCUT2D eigenvalue weighted by molar-refractivity contribution is 0.242. The van der Waals surface area contributed by atoms with Crippen molar-refractivity contribution in [2.24, 2.45) is 5.84 Å². The fourth-order valence-electron chi connectivity index (χ4n) is 3.27. The Labute approximate surface area is 176 Å². The quantitative estimate of drug-likeness (QED) is 0.297. The number of aromatic nitrogens is 3. The van der Waals surface area contributed by atoms with Gasteiger partial charge in [0, 0.05) is 51.3 Å². The van der Waals surface area contributed by atoms with Gasteiger partial charge in [-0.1, -0.05) is 0 Å². The number of anilines is 1. The minimum atomic E-state index is -0.306. The lowest BCUT2D eigenvalue weighted by atomic mass is 10.2. The number of urea groups is 1. The monoisotopic (exact) mass is 414 g/mol. The zero-order valence-electron chi connectivity index (χ0n) is 17.4. The van der Waals surface area contributed by atoms with Gasteiger partial charge in [0.2, 0.25) is 0 Å². The summed E-state index contributed by atoms with van der Waals surface area (Å²) in [6.07, 6.45) is 5.29. The van der Waals surface area contributed by atoms with Crippen LogP contribution in [0, 0.1) is 6.92 Å². The Morgan fingerprint density at radius 2 is 2.07 bits per heavy atom. The van der Waals surface area contributed by atoms with Crippen LogP contribution in [-0.2, 0) is 0 Å². The largest absolute Gasteiger partial charge is 0.375 e. The normalized spacial score (nSPS) is 15.0. The smallest absolute Gasteiger partial charge is 0.320 e. The molecule has 0 spiro atoms. The van der Waals surface area contributed by atoms with Crippen LogP contribution in [0.2, 0.25) is 0 Å². The fourth-order valence-corrected chi connectivity index (χ4v) is 3.27. The average Bonchev–Trinajstić information content (AvgIpc) is 3.29. The molecular weight excluding hydrogens is 384 g/mol. The van der Waals surface area contributed by atoms with Crippen molar-refractivity contribution in [1.29, 1.82) is 0 Å². The summed E-state index contributed by atoms with van der Waals surface area (Å²) < 4.78 is 1.76.